The van der Waals surface area contributed by atoms with Crippen LogP contribution in [-0.2, 0) is 6.42 Å². The van der Waals surface area contributed by atoms with Crippen molar-refractivity contribution in [2.45, 2.75) is 25.4 Å². The predicted molar refractivity (Wildman–Crippen MR) is 119 cm³/mol. The van der Waals surface area contributed by atoms with Crippen molar-refractivity contribution in [3.8, 4) is 5.88 Å². The minimum Gasteiger partial charge on any atom is -0.473 e. The van der Waals surface area contributed by atoms with Crippen molar-refractivity contribution in [3.63, 3.8) is 0 Å². The van der Waals surface area contributed by atoms with Gasteiger partial charge in [0, 0.05) is 48.1 Å². The summed E-state index contributed by atoms with van der Waals surface area (Å²) < 4.78 is 6.50. The highest BCUT2D eigenvalue weighted by atomic mass is 35.5. The maximum atomic E-state index is 6.50. The van der Waals surface area contributed by atoms with Crippen LogP contribution >= 0.6 is 23.2 Å². The van der Waals surface area contributed by atoms with E-state index in [0.29, 0.717) is 16.8 Å². The number of nitrogens with zero attached hydrogens (tertiary/aromatic N) is 1. The number of hydrogen-bond acceptors (Lipinski definition) is 3. The lowest BCUT2D eigenvalue weighted by molar-refractivity contribution is 0.0574. The molecule has 3 aromatic rings. The van der Waals surface area contributed by atoms with Crippen LogP contribution < -0.4 is 10.1 Å². The summed E-state index contributed by atoms with van der Waals surface area (Å²) in [4.78, 5) is 4.38. The van der Waals surface area contributed by atoms with Crippen LogP contribution in [0.3, 0.4) is 0 Å². The van der Waals surface area contributed by atoms with Gasteiger partial charge in [-0.15, -0.1) is 0 Å². The number of benzene rings is 2. The van der Waals surface area contributed by atoms with Gasteiger partial charge in [-0.1, -0.05) is 72.6 Å². The molecule has 3 nitrogen and oxygen atoms in total. The van der Waals surface area contributed by atoms with E-state index in [1.807, 2.05) is 30.3 Å². The molecule has 29 heavy (non-hydrogen) atoms. The van der Waals surface area contributed by atoms with E-state index in [4.69, 9.17) is 27.9 Å². The molecule has 150 valence electrons. The summed E-state index contributed by atoms with van der Waals surface area (Å²) >= 11 is 12.1. The molecule has 2 heterocycles. The van der Waals surface area contributed by atoms with Crippen LogP contribution in [0.5, 0.6) is 5.88 Å². The van der Waals surface area contributed by atoms with Gasteiger partial charge >= 0.3 is 0 Å². The monoisotopic (exact) mass is 426 g/mol. The fraction of sp³-hybridized carbons (Fsp3) is 0.292. The van der Waals surface area contributed by atoms with Crippen molar-refractivity contribution < 1.29 is 4.74 Å². The highest BCUT2D eigenvalue weighted by molar-refractivity contribution is 6.30. The third-order valence-corrected chi connectivity index (χ3v) is 6.36. The predicted octanol–water partition coefficient (Wildman–Crippen LogP) is 5.77. The summed E-state index contributed by atoms with van der Waals surface area (Å²) in [6.45, 7) is 4.07. The van der Waals surface area contributed by atoms with Gasteiger partial charge in [0.15, 0.2) is 0 Å². The lowest BCUT2D eigenvalue weighted by atomic mass is 9.70. The molecule has 4 rings (SSSR count). The minimum atomic E-state index is -0.120. The van der Waals surface area contributed by atoms with Crippen molar-refractivity contribution >= 4 is 23.2 Å². The second kappa shape index (κ2) is 8.74. The van der Waals surface area contributed by atoms with Crippen LogP contribution in [0.15, 0.2) is 72.9 Å². The summed E-state index contributed by atoms with van der Waals surface area (Å²) in [6, 6.07) is 22.3. The van der Waals surface area contributed by atoms with Crippen LogP contribution in [-0.4, -0.2) is 24.2 Å². The van der Waals surface area contributed by atoms with Gasteiger partial charge in [-0.25, -0.2) is 4.98 Å². The topological polar surface area (TPSA) is 34.1 Å². The molecular weight excluding hydrogens is 403 g/mol. The summed E-state index contributed by atoms with van der Waals surface area (Å²) in [6.07, 6.45) is 2.37. The number of pyridine rings is 1. The average molecular weight is 427 g/mol. The zero-order valence-corrected chi connectivity index (χ0v) is 17.8. The molecule has 0 aliphatic carbocycles. The molecule has 1 aliphatic heterocycles. The molecule has 0 spiro atoms. The maximum absolute atomic E-state index is 6.50. The fourth-order valence-electron chi connectivity index (χ4n) is 4.19. The maximum Gasteiger partial charge on any atom is 0.213 e. The number of ether oxygens (including phenoxy) is 1. The van der Waals surface area contributed by atoms with Crippen molar-refractivity contribution in [3.05, 3.63) is 94.1 Å². The Labute approximate surface area is 182 Å². The van der Waals surface area contributed by atoms with E-state index >= 15 is 0 Å². The van der Waals surface area contributed by atoms with Gasteiger partial charge in [0.1, 0.15) is 6.10 Å². The molecular formula is C24H24Cl2N2O. The second-order valence-corrected chi connectivity index (χ2v) is 8.72. The Morgan fingerprint density at radius 2 is 1.76 bits per heavy atom. The molecule has 0 amide bonds. The molecule has 0 bridgehead atoms. The van der Waals surface area contributed by atoms with Gasteiger partial charge in [0.25, 0.3) is 0 Å². The Morgan fingerprint density at radius 3 is 2.45 bits per heavy atom. The second-order valence-electron chi connectivity index (χ2n) is 7.85. The van der Waals surface area contributed by atoms with E-state index in [1.54, 1.807) is 6.20 Å². The van der Waals surface area contributed by atoms with Gasteiger partial charge in [0.2, 0.25) is 5.88 Å². The zero-order chi connectivity index (χ0) is 20.3. The summed E-state index contributed by atoms with van der Waals surface area (Å²) in [7, 11) is 0. The molecule has 1 aliphatic rings. The Balaban J connectivity index is 1.67. The summed E-state index contributed by atoms with van der Waals surface area (Å²) in [5.41, 5.74) is 2.40. The highest BCUT2D eigenvalue weighted by Crippen LogP contribution is 2.44. The summed E-state index contributed by atoms with van der Waals surface area (Å²) in [5.74, 6) is 0.902. The van der Waals surface area contributed by atoms with E-state index in [9.17, 15) is 0 Å². The van der Waals surface area contributed by atoms with Gasteiger partial charge in [-0.3, -0.25) is 0 Å². The molecule has 0 saturated carbocycles. The van der Waals surface area contributed by atoms with Gasteiger partial charge in [0.05, 0.1) is 5.02 Å². The van der Waals surface area contributed by atoms with Crippen molar-refractivity contribution in [2.75, 3.05) is 13.1 Å². The normalized spacial score (nSPS) is 22.4. The van der Waals surface area contributed by atoms with Crippen molar-refractivity contribution in [1.82, 2.24) is 10.3 Å². The first-order chi connectivity index (χ1) is 14.0. The standard InChI is InChI=1S/C24H24Cl2N2O/c1-24(16-27-15-21(24)18-7-9-19(25)10-8-18)22(13-17-5-3-2-4-6-17)29-23-12-11-20(26)14-28-23/h2-12,14,21-22,27H,13,15-16H2,1H3. The van der Waals surface area contributed by atoms with Gasteiger partial charge < -0.3 is 10.1 Å². The van der Waals surface area contributed by atoms with E-state index in [-0.39, 0.29) is 11.5 Å². The van der Waals surface area contributed by atoms with Crippen molar-refractivity contribution in [1.29, 1.82) is 0 Å². The Hall–Kier alpha value is -2.07. The Morgan fingerprint density at radius 1 is 1.03 bits per heavy atom. The van der Waals surface area contributed by atoms with Crippen LogP contribution in [0.2, 0.25) is 10.0 Å². The number of hydrogen-bond donors (Lipinski definition) is 1. The minimum absolute atomic E-state index is 0.0609. The quantitative estimate of drug-likeness (QED) is 0.542. The molecule has 1 fully saturated rings. The molecule has 5 heteroatoms. The van der Waals surface area contributed by atoms with Crippen LogP contribution in [0, 0.1) is 5.41 Å². The van der Waals surface area contributed by atoms with Gasteiger partial charge in [-0.05, 0) is 29.3 Å². The molecule has 0 radical (unpaired) electrons. The number of halogens is 2. The molecule has 2 aromatic carbocycles. The molecule has 1 aromatic heterocycles. The highest BCUT2D eigenvalue weighted by Gasteiger charge is 2.47. The first kappa shape index (κ1) is 20.2. The largest absolute Gasteiger partial charge is 0.473 e. The number of aromatic nitrogens is 1. The average Bonchev–Trinajstić information content (AvgIpc) is 3.13. The molecule has 3 atom stereocenters. The fourth-order valence-corrected chi connectivity index (χ4v) is 4.43. The first-order valence-corrected chi connectivity index (χ1v) is 10.6. The number of rotatable bonds is 6. The van der Waals surface area contributed by atoms with Gasteiger partial charge in [-0.2, -0.15) is 0 Å². The van der Waals surface area contributed by atoms with Crippen LogP contribution in [0.4, 0.5) is 0 Å². The SMILES string of the molecule is CC1(C(Cc2ccccc2)Oc2ccc(Cl)cn2)CNCC1c1ccc(Cl)cc1. The van der Waals surface area contributed by atoms with Crippen molar-refractivity contribution in [2.24, 2.45) is 5.41 Å². The molecule has 3 unspecified atom stereocenters. The van der Waals surface area contributed by atoms with E-state index in [0.717, 1.165) is 24.5 Å². The van der Waals surface area contributed by atoms with E-state index in [2.05, 4.69) is 53.6 Å². The lowest BCUT2D eigenvalue weighted by Crippen LogP contribution is -2.43. The van der Waals surface area contributed by atoms with E-state index < -0.39 is 0 Å². The lowest BCUT2D eigenvalue weighted by Gasteiger charge is -2.38. The Bertz CT molecular complexity index is 931. The third-order valence-electron chi connectivity index (χ3n) is 5.89. The number of nitrogens with one attached hydrogen (secondary N) is 1. The third kappa shape index (κ3) is 4.58. The molecule has 1 N–H and O–H groups in total. The van der Waals surface area contributed by atoms with Crippen LogP contribution in [0.25, 0.3) is 0 Å². The van der Waals surface area contributed by atoms with Crippen LogP contribution in [0.1, 0.15) is 24.0 Å². The Kier molecular flexibility index (Phi) is 6.09. The smallest absolute Gasteiger partial charge is 0.213 e. The zero-order valence-electron chi connectivity index (χ0n) is 16.3. The van der Waals surface area contributed by atoms with E-state index in [1.165, 1.54) is 11.1 Å². The first-order valence-electron chi connectivity index (χ1n) is 9.83. The molecule has 1 saturated heterocycles. The summed E-state index contributed by atoms with van der Waals surface area (Å²) in [5, 5.41) is 4.94.